The molecule has 0 heterocycles. The Bertz CT molecular complexity index is 380. The van der Waals surface area contributed by atoms with Crippen molar-refractivity contribution in [1.82, 2.24) is 5.32 Å². The molecule has 0 aliphatic rings. The van der Waals surface area contributed by atoms with Crippen LogP contribution in [0.2, 0.25) is 0 Å². The van der Waals surface area contributed by atoms with Gasteiger partial charge in [-0.25, -0.2) is 0 Å². The Balaban J connectivity index is 2.59. The van der Waals surface area contributed by atoms with Crippen LogP contribution in [0.25, 0.3) is 6.08 Å². The lowest BCUT2D eigenvalue weighted by molar-refractivity contribution is -0.118. The number of aliphatic hydroxyl groups is 1. The number of carbonyl (C=O) groups excluding carboxylic acids is 1. The van der Waals surface area contributed by atoms with Gasteiger partial charge in [-0.05, 0) is 25.0 Å². The first kappa shape index (κ1) is 13.5. The predicted molar refractivity (Wildman–Crippen MR) is 69.4 cm³/mol. The number of hydrogen-bond donors (Lipinski definition) is 2. The molecule has 1 aromatic rings. The Labute approximate surface area is 102 Å². The Morgan fingerprint density at radius 3 is 2.59 bits per heavy atom. The SMILES string of the molecule is CCC(C)(CO)NC(=O)C=Cc1ccccc1. The van der Waals surface area contributed by atoms with Crippen molar-refractivity contribution in [2.24, 2.45) is 0 Å². The monoisotopic (exact) mass is 233 g/mol. The van der Waals surface area contributed by atoms with Crippen LogP contribution in [-0.4, -0.2) is 23.2 Å². The van der Waals surface area contributed by atoms with E-state index in [0.29, 0.717) is 6.42 Å². The van der Waals surface area contributed by atoms with E-state index in [1.165, 1.54) is 6.08 Å². The minimum atomic E-state index is -0.544. The van der Waals surface area contributed by atoms with Gasteiger partial charge in [0.2, 0.25) is 5.91 Å². The number of carbonyl (C=O) groups is 1. The van der Waals surface area contributed by atoms with Crippen LogP contribution in [0.15, 0.2) is 36.4 Å². The molecular weight excluding hydrogens is 214 g/mol. The lowest BCUT2D eigenvalue weighted by atomic mass is 10.0. The van der Waals surface area contributed by atoms with Crippen molar-refractivity contribution in [1.29, 1.82) is 0 Å². The lowest BCUT2D eigenvalue weighted by Crippen LogP contribution is -2.47. The molecule has 92 valence electrons. The van der Waals surface area contributed by atoms with Crippen molar-refractivity contribution >= 4 is 12.0 Å². The van der Waals surface area contributed by atoms with Gasteiger partial charge in [0.1, 0.15) is 0 Å². The van der Waals surface area contributed by atoms with E-state index in [0.717, 1.165) is 5.56 Å². The first-order valence-electron chi connectivity index (χ1n) is 5.76. The zero-order chi connectivity index (χ0) is 12.7. The summed E-state index contributed by atoms with van der Waals surface area (Å²) in [5.41, 5.74) is 0.433. The standard InChI is InChI=1S/C14H19NO2/c1-3-14(2,11-16)15-13(17)10-9-12-7-5-4-6-8-12/h4-10,16H,3,11H2,1-2H3,(H,15,17). The summed E-state index contributed by atoms with van der Waals surface area (Å²) in [7, 11) is 0. The van der Waals surface area contributed by atoms with E-state index in [9.17, 15) is 9.90 Å². The van der Waals surface area contributed by atoms with Gasteiger partial charge in [0.25, 0.3) is 0 Å². The van der Waals surface area contributed by atoms with E-state index in [4.69, 9.17) is 0 Å². The normalized spacial score (nSPS) is 14.5. The van der Waals surface area contributed by atoms with Gasteiger partial charge in [-0.3, -0.25) is 4.79 Å². The van der Waals surface area contributed by atoms with E-state index in [2.05, 4.69) is 5.32 Å². The van der Waals surface area contributed by atoms with Crippen LogP contribution in [0, 0.1) is 0 Å². The number of amides is 1. The van der Waals surface area contributed by atoms with Gasteiger partial charge in [-0.2, -0.15) is 0 Å². The second-order valence-electron chi connectivity index (χ2n) is 4.31. The molecule has 0 aliphatic heterocycles. The maximum Gasteiger partial charge on any atom is 0.244 e. The second-order valence-corrected chi connectivity index (χ2v) is 4.31. The molecular formula is C14H19NO2. The molecule has 1 atom stereocenters. The van der Waals surface area contributed by atoms with Crippen molar-refractivity contribution in [3.63, 3.8) is 0 Å². The van der Waals surface area contributed by atoms with Gasteiger partial charge in [0, 0.05) is 6.08 Å². The largest absolute Gasteiger partial charge is 0.394 e. The van der Waals surface area contributed by atoms with Gasteiger partial charge < -0.3 is 10.4 Å². The molecule has 3 heteroatoms. The highest BCUT2D eigenvalue weighted by atomic mass is 16.3. The van der Waals surface area contributed by atoms with Crippen LogP contribution in [0.1, 0.15) is 25.8 Å². The predicted octanol–water partition coefficient (Wildman–Crippen LogP) is 1.98. The fourth-order valence-corrected chi connectivity index (χ4v) is 1.31. The second kappa shape index (κ2) is 6.21. The molecule has 2 N–H and O–H groups in total. The number of nitrogens with one attached hydrogen (secondary N) is 1. The van der Waals surface area contributed by atoms with Crippen molar-refractivity contribution in [2.75, 3.05) is 6.61 Å². The van der Waals surface area contributed by atoms with Gasteiger partial charge in [-0.15, -0.1) is 0 Å². The van der Waals surface area contributed by atoms with Gasteiger partial charge in [0.05, 0.1) is 12.1 Å². The van der Waals surface area contributed by atoms with Crippen LogP contribution in [0.5, 0.6) is 0 Å². The summed E-state index contributed by atoms with van der Waals surface area (Å²) in [5, 5.41) is 12.0. The molecule has 1 rings (SSSR count). The average Bonchev–Trinajstić information content (AvgIpc) is 2.37. The first-order chi connectivity index (χ1) is 8.09. The highest BCUT2D eigenvalue weighted by Crippen LogP contribution is 2.08. The summed E-state index contributed by atoms with van der Waals surface area (Å²) < 4.78 is 0. The summed E-state index contributed by atoms with van der Waals surface area (Å²) in [6.45, 7) is 3.69. The molecule has 0 bridgehead atoms. The third-order valence-electron chi connectivity index (χ3n) is 2.78. The number of aliphatic hydroxyl groups excluding tert-OH is 1. The Hall–Kier alpha value is -1.61. The van der Waals surface area contributed by atoms with Gasteiger partial charge >= 0.3 is 0 Å². The molecule has 0 saturated carbocycles. The molecule has 1 aromatic carbocycles. The molecule has 0 spiro atoms. The molecule has 0 radical (unpaired) electrons. The zero-order valence-corrected chi connectivity index (χ0v) is 10.3. The van der Waals surface area contributed by atoms with Crippen molar-refractivity contribution in [3.05, 3.63) is 42.0 Å². The molecule has 1 amide bonds. The van der Waals surface area contributed by atoms with Crippen molar-refractivity contribution in [2.45, 2.75) is 25.8 Å². The fraction of sp³-hybridized carbons (Fsp3) is 0.357. The number of rotatable bonds is 5. The topological polar surface area (TPSA) is 49.3 Å². The van der Waals surface area contributed by atoms with Crippen LogP contribution in [0.3, 0.4) is 0 Å². The third-order valence-corrected chi connectivity index (χ3v) is 2.78. The zero-order valence-electron chi connectivity index (χ0n) is 10.3. The minimum absolute atomic E-state index is 0.0611. The van der Waals surface area contributed by atoms with Crippen LogP contribution < -0.4 is 5.32 Å². The highest BCUT2D eigenvalue weighted by Gasteiger charge is 2.21. The van der Waals surface area contributed by atoms with Gasteiger partial charge in [-0.1, -0.05) is 37.3 Å². The van der Waals surface area contributed by atoms with Gasteiger partial charge in [0.15, 0.2) is 0 Å². The maximum absolute atomic E-state index is 11.6. The summed E-state index contributed by atoms with van der Waals surface area (Å²) in [6.07, 6.45) is 3.93. The Kier molecular flexibility index (Phi) is 4.91. The molecule has 0 aliphatic carbocycles. The smallest absolute Gasteiger partial charge is 0.244 e. The lowest BCUT2D eigenvalue weighted by Gasteiger charge is -2.26. The van der Waals surface area contributed by atoms with Crippen LogP contribution in [-0.2, 0) is 4.79 Å². The Morgan fingerprint density at radius 1 is 1.41 bits per heavy atom. The molecule has 3 nitrogen and oxygen atoms in total. The third kappa shape index (κ3) is 4.41. The summed E-state index contributed by atoms with van der Waals surface area (Å²) in [4.78, 5) is 11.6. The molecule has 0 saturated heterocycles. The summed E-state index contributed by atoms with van der Waals surface area (Å²) in [5.74, 6) is -0.188. The Morgan fingerprint density at radius 2 is 2.06 bits per heavy atom. The van der Waals surface area contributed by atoms with E-state index in [1.807, 2.05) is 44.2 Å². The fourth-order valence-electron chi connectivity index (χ4n) is 1.31. The molecule has 17 heavy (non-hydrogen) atoms. The molecule has 1 unspecified atom stereocenters. The number of benzene rings is 1. The first-order valence-corrected chi connectivity index (χ1v) is 5.76. The maximum atomic E-state index is 11.6. The summed E-state index contributed by atoms with van der Waals surface area (Å²) in [6, 6.07) is 9.62. The minimum Gasteiger partial charge on any atom is -0.394 e. The molecule has 0 aromatic heterocycles. The van der Waals surface area contributed by atoms with Crippen molar-refractivity contribution < 1.29 is 9.90 Å². The van der Waals surface area contributed by atoms with Crippen molar-refractivity contribution in [3.8, 4) is 0 Å². The van der Waals surface area contributed by atoms with E-state index >= 15 is 0 Å². The van der Waals surface area contributed by atoms with E-state index < -0.39 is 5.54 Å². The average molecular weight is 233 g/mol. The van der Waals surface area contributed by atoms with Crippen LogP contribution >= 0.6 is 0 Å². The van der Waals surface area contributed by atoms with Crippen LogP contribution in [0.4, 0.5) is 0 Å². The summed E-state index contributed by atoms with van der Waals surface area (Å²) >= 11 is 0. The van der Waals surface area contributed by atoms with E-state index in [-0.39, 0.29) is 12.5 Å². The number of hydrogen-bond acceptors (Lipinski definition) is 2. The molecule has 0 fully saturated rings. The highest BCUT2D eigenvalue weighted by molar-refractivity contribution is 5.92. The quantitative estimate of drug-likeness (QED) is 0.764. The van der Waals surface area contributed by atoms with E-state index in [1.54, 1.807) is 6.08 Å².